The van der Waals surface area contributed by atoms with Crippen LogP contribution in [0.3, 0.4) is 0 Å². The van der Waals surface area contributed by atoms with Crippen LogP contribution in [0.4, 0.5) is 0 Å². The zero-order valence-electron chi connectivity index (χ0n) is 8.41. The summed E-state index contributed by atoms with van der Waals surface area (Å²) in [5.41, 5.74) is 0. The first-order valence-electron chi connectivity index (χ1n) is 5.48. The Labute approximate surface area is 82.0 Å². The third kappa shape index (κ3) is 6.39. The Hall–Kier alpha value is -0.780. The van der Waals surface area contributed by atoms with Crippen LogP contribution in [0.25, 0.3) is 0 Å². The van der Waals surface area contributed by atoms with Crippen molar-refractivity contribution in [1.29, 1.82) is 0 Å². The SMILES string of the molecule is C1=C\C=C/CCCCCCC\C=C/1. The molecule has 0 amide bonds. The van der Waals surface area contributed by atoms with Gasteiger partial charge in [-0.05, 0) is 25.7 Å². The third-order valence-electron chi connectivity index (χ3n) is 2.35. The Morgan fingerprint density at radius 3 is 1.46 bits per heavy atom. The first-order valence-corrected chi connectivity index (χ1v) is 5.48. The molecule has 0 radical (unpaired) electrons. The van der Waals surface area contributed by atoms with E-state index >= 15 is 0 Å². The molecule has 1 aliphatic rings. The number of allylic oxidation sites excluding steroid dienone is 6. The van der Waals surface area contributed by atoms with Crippen molar-refractivity contribution in [2.24, 2.45) is 0 Å². The highest BCUT2D eigenvalue weighted by atomic mass is 13.9. The predicted octanol–water partition coefficient (Wildman–Crippen LogP) is 4.40. The third-order valence-corrected chi connectivity index (χ3v) is 2.35. The van der Waals surface area contributed by atoms with E-state index in [0.717, 1.165) is 0 Å². The molecule has 0 unspecified atom stereocenters. The molecule has 0 aromatic carbocycles. The minimum absolute atomic E-state index is 1.24. The van der Waals surface area contributed by atoms with Crippen LogP contribution in [0.2, 0.25) is 0 Å². The zero-order valence-corrected chi connectivity index (χ0v) is 8.41. The molecule has 13 heavy (non-hydrogen) atoms. The quantitative estimate of drug-likeness (QED) is 0.513. The zero-order chi connectivity index (χ0) is 9.19. The first-order chi connectivity index (χ1) is 6.50. The van der Waals surface area contributed by atoms with Gasteiger partial charge in [-0.1, -0.05) is 55.7 Å². The van der Waals surface area contributed by atoms with Crippen LogP contribution < -0.4 is 0 Å². The van der Waals surface area contributed by atoms with Crippen molar-refractivity contribution >= 4 is 0 Å². The fraction of sp³-hybridized carbons (Fsp3) is 0.538. The van der Waals surface area contributed by atoms with Gasteiger partial charge in [0.05, 0.1) is 0 Å². The van der Waals surface area contributed by atoms with E-state index in [1.807, 2.05) is 0 Å². The molecule has 0 heterocycles. The average Bonchev–Trinajstić information content (AvgIpc) is 2.18. The molecule has 0 atom stereocenters. The Bertz CT molecular complexity index is 164. The van der Waals surface area contributed by atoms with E-state index in [4.69, 9.17) is 0 Å². The van der Waals surface area contributed by atoms with Gasteiger partial charge in [0.15, 0.2) is 0 Å². The second-order valence-electron chi connectivity index (χ2n) is 3.59. The number of rotatable bonds is 0. The van der Waals surface area contributed by atoms with E-state index in [-0.39, 0.29) is 0 Å². The van der Waals surface area contributed by atoms with Crippen molar-refractivity contribution in [3.63, 3.8) is 0 Å². The summed E-state index contributed by atoms with van der Waals surface area (Å²) in [7, 11) is 0. The minimum Gasteiger partial charge on any atom is -0.0845 e. The van der Waals surface area contributed by atoms with Gasteiger partial charge in [-0.15, -0.1) is 0 Å². The van der Waals surface area contributed by atoms with E-state index in [2.05, 4.69) is 36.5 Å². The Balaban J connectivity index is 2.29. The van der Waals surface area contributed by atoms with Gasteiger partial charge in [-0.25, -0.2) is 0 Å². The van der Waals surface area contributed by atoms with Crippen LogP contribution in [0.1, 0.15) is 44.9 Å². The number of hydrogen-bond donors (Lipinski definition) is 0. The maximum absolute atomic E-state index is 2.27. The molecule has 0 aliphatic heterocycles. The van der Waals surface area contributed by atoms with E-state index in [0.29, 0.717) is 0 Å². The highest BCUT2D eigenvalue weighted by Crippen LogP contribution is 2.08. The molecule has 0 heteroatoms. The monoisotopic (exact) mass is 176 g/mol. The molecule has 0 saturated carbocycles. The first kappa shape index (κ1) is 10.3. The Morgan fingerprint density at radius 1 is 0.462 bits per heavy atom. The standard InChI is InChI=1S/C13H20/c1-2-4-6-8-10-12-13-11-9-7-5-3-1/h1-6H,7-13H2/b2-1-,5-3-,6-4-. The molecule has 0 nitrogen and oxygen atoms in total. The van der Waals surface area contributed by atoms with E-state index < -0.39 is 0 Å². The molecule has 0 saturated heterocycles. The van der Waals surface area contributed by atoms with Crippen molar-refractivity contribution in [3.05, 3.63) is 36.5 Å². The molecule has 0 aromatic rings. The van der Waals surface area contributed by atoms with Crippen molar-refractivity contribution in [3.8, 4) is 0 Å². The molecule has 0 bridgehead atoms. The normalized spacial score (nSPS) is 27.7. The lowest BCUT2D eigenvalue weighted by atomic mass is 10.1. The van der Waals surface area contributed by atoms with Crippen molar-refractivity contribution in [2.45, 2.75) is 44.9 Å². The van der Waals surface area contributed by atoms with Crippen LogP contribution >= 0.6 is 0 Å². The lowest BCUT2D eigenvalue weighted by Crippen LogP contribution is -1.77. The Kier molecular flexibility index (Phi) is 6.22. The van der Waals surface area contributed by atoms with Gasteiger partial charge in [0.2, 0.25) is 0 Å². The number of hydrogen-bond acceptors (Lipinski definition) is 0. The van der Waals surface area contributed by atoms with Crippen molar-refractivity contribution in [1.82, 2.24) is 0 Å². The van der Waals surface area contributed by atoms with Crippen LogP contribution in [0, 0.1) is 0 Å². The van der Waals surface area contributed by atoms with Crippen molar-refractivity contribution in [2.75, 3.05) is 0 Å². The van der Waals surface area contributed by atoms with E-state index in [9.17, 15) is 0 Å². The highest BCUT2D eigenvalue weighted by molar-refractivity contribution is 5.10. The molecule has 1 aliphatic carbocycles. The summed E-state index contributed by atoms with van der Waals surface area (Å²) in [5, 5.41) is 0. The molecule has 0 N–H and O–H groups in total. The van der Waals surface area contributed by atoms with Gasteiger partial charge in [-0.3, -0.25) is 0 Å². The largest absolute Gasteiger partial charge is 0.0845 e. The highest BCUT2D eigenvalue weighted by Gasteiger charge is 1.88. The summed E-state index contributed by atoms with van der Waals surface area (Å²) in [6, 6.07) is 0. The van der Waals surface area contributed by atoms with Crippen LogP contribution in [-0.2, 0) is 0 Å². The smallest absolute Gasteiger partial charge is 0.0348 e. The molecule has 72 valence electrons. The second-order valence-corrected chi connectivity index (χ2v) is 3.59. The average molecular weight is 176 g/mol. The lowest BCUT2D eigenvalue weighted by molar-refractivity contribution is 0.622. The van der Waals surface area contributed by atoms with Gasteiger partial charge >= 0.3 is 0 Å². The van der Waals surface area contributed by atoms with E-state index in [1.165, 1.54) is 44.9 Å². The summed E-state index contributed by atoms with van der Waals surface area (Å²) in [5.74, 6) is 0. The van der Waals surface area contributed by atoms with Crippen LogP contribution in [0.15, 0.2) is 36.5 Å². The summed E-state index contributed by atoms with van der Waals surface area (Å²) >= 11 is 0. The predicted molar refractivity (Wildman–Crippen MR) is 59.7 cm³/mol. The van der Waals surface area contributed by atoms with Gasteiger partial charge in [0, 0.05) is 0 Å². The van der Waals surface area contributed by atoms with Crippen LogP contribution in [-0.4, -0.2) is 0 Å². The maximum Gasteiger partial charge on any atom is -0.0348 e. The molecular weight excluding hydrogens is 156 g/mol. The van der Waals surface area contributed by atoms with Crippen molar-refractivity contribution < 1.29 is 0 Å². The Morgan fingerprint density at radius 2 is 0.923 bits per heavy atom. The van der Waals surface area contributed by atoms with Gasteiger partial charge in [-0.2, -0.15) is 0 Å². The second kappa shape index (κ2) is 7.85. The lowest BCUT2D eigenvalue weighted by Gasteiger charge is -1.97. The topological polar surface area (TPSA) is 0 Å². The van der Waals surface area contributed by atoms with Gasteiger partial charge < -0.3 is 0 Å². The van der Waals surface area contributed by atoms with Crippen LogP contribution in [0.5, 0.6) is 0 Å². The minimum atomic E-state index is 1.24. The molecule has 0 aromatic heterocycles. The summed E-state index contributed by atoms with van der Waals surface area (Å²) in [6.45, 7) is 0. The molecule has 0 spiro atoms. The molecular formula is C13H20. The fourth-order valence-corrected chi connectivity index (χ4v) is 1.53. The summed E-state index contributed by atoms with van der Waals surface area (Å²) in [4.78, 5) is 0. The van der Waals surface area contributed by atoms with Gasteiger partial charge in [0.25, 0.3) is 0 Å². The fourth-order valence-electron chi connectivity index (χ4n) is 1.53. The summed E-state index contributed by atoms with van der Waals surface area (Å²) < 4.78 is 0. The molecule has 0 fully saturated rings. The summed E-state index contributed by atoms with van der Waals surface area (Å²) in [6.07, 6.45) is 22.5. The maximum atomic E-state index is 2.27. The molecule has 1 rings (SSSR count). The van der Waals surface area contributed by atoms with E-state index in [1.54, 1.807) is 0 Å². The van der Waals surface area contributed by atoms with Gasteiger partial charge in [0.1, 0.15) is 0 Å².